The molecule has 0 saturated carbocycles. The Labute approximate surface area is 94.8 Å². The van der Waals surface area contributed by atoms with Crippen molar-refractivity contribution in [2.75, 3.05) is 11.9 Å². The highest BCUT2D eigenvalue weighted by Crippen LogP contribution is 2.32. The summed E-state index contributed by atoms with van der Waals surface area (Å²) in [7, 11) is -1.78. The van der Waals surface area contributed by atoms with E-state index in [1.165, 1.54) is 4.90 Å². The third-order valence-electron chi connectivity index (χ3n) is 2.90. The van der Waals surface area contributed by atoms with Crippen LogP contribution < -0.4 is 4.90 Å². The summed E-state index contributed by atoms with van der Waals surface area (Å²) in [6.07, 6.45) is 0.0352. The Kier molecular flexibility index (Phi) is 2.50. The molecule has 1 aromatic carbocycles. The molecule has 0 saturated heterocycles. The highest BCUT2D eigenvalue weighted by atomic mass is 32.2. The maximum absolute atomic E-state index is 12.1. The van der Waals surface area contributed by atoms with Crippen LogP contribution >= 0.6 is 0 Å². The summed E-state index contributed by atoms with van der Waals surface area (Å²) in [5, 5.41) is -0.661. The van der Waals surface area contributed by atoms with Crippen molar-refractivity contribution in [3.63, 3.8) is 0 Å². The number of para-hydroxylation sites is 1. The normalized spacial score (nSPS) is 23.8. The number of sulfone groups is 1. The van der Waals surface area contributed by atoms with Gasteiger partial charge in [-0.25, -0.2) is 8.42 Å². The molecule has 1 amide bonds. The zero-order valence-corrected chi connectivity index (χ0v) is 9.99. The second-order valence-electron chi connectivity index (χ2n) is 3.98. The summed E-state index contributed by atoms with van der Waals surface area (Å²) in [6, 6.07) is 6.61. The van der Waals surface area contributed by atoms with Crippen LogP contribution in [0.3, 0.4) is 0 Å². The molecule has 0 fully saturated rings. The molecule has 1 aromatic rings. The number of carbonyl (C=O) groups excluding carboxylic acids is 1. The van der Waals surface area contributed by atoms with Gasteiger partial charge in [-0.1, -0.05) is 12.1 Å². The van der Waals surface area contributed by atoms with Crippen LogP contribution in [0.1, 0.15) is 13.3 Å². The van der Waals surface area contributed by atoms with Crippen LogP contribution in [-0.2, 0) is 14.6 Å². The van der Waals surface area contributed by atoms with Crippen molar-refractivity contribution in [1.82, 2.24) is 0 Å². The SMILES string of the molecule is C[C@@H]1CC(=O)N(C)c2ccccc2S1(=O)=O. The maximum Gasteiger partial charge on any atom is 0.228 e. The van der Waals surface area contributed by atoms with Gasteiger partial charge in [0, 0.05) is 13.5 Å². The van der Waals surface area contributed by atoms with Crippen LogP contribution in [0.15, 0.2) is 29.2 Å². The largest absolute Gasteiger partial charge is 0.314 e. The van der Waals surface area contributed by atoms with E-state index < -0.39 is 15.1 Å². The summed E-state index contributed by atoms with van der Waals surface area (Å²) in [5.74, 6) is -0.166. The molecule has 1 aliphatic rings. The highest BCUT2D eigenvalue weighted by molar-refractivity contribution is 7.92. The van der Waals surface area contributed by atoms with Gasteiger partial charge in [-0.15, -0.1) is 0 Å². The van der Waals surface area contributed by atoms with Crippen molar-refractivity contribution in [1.29, 1.82) is 0 Å². The number of hydrogen-bond acceptors (Lipinski definition) is 3. The lowest BCUT2D eigenvalue weighted by Gasteiger charge is -2.15. The molecule has 4 nitrogen and oxygen atoms in total. The molecule has 86 valence electrons. The molecule has 0 bridgehead atoms. The molecule has 1 heterocycles. The first kappa shape index (κ1) is 11.1. The third kappa shape index (κ3) is 1.51. The standard InChI is InChI=1S/C11H13NO3S/c1-8-7-11(13)12(2)9-5-3-4-6-10(9)16(8,14)15/h3-6,8H,7H2,1-2H3/t8-/m1/s1. The smallest absolute Gasteiger partial charge is 0.228 e. The Morgan fingerprint density at radius 3 is 2.62 bits per heavy atom. The molecular weight excluding hydrogens is 226 g/mol. The Bertz CT molecular complexity index is 536. The Morgan fingerprint density at radius 1 is 1.31 bits per heavy atom. The van der Waals surface area contributed by atoms with Gasteiger partial charge in [0.25, 0.3) is 0 Å². The lowest BCUT2D eigenvalue weighted by Crippen LogP contribution is -2.27. The Morgan fingerprint density at radius 2 is 1.94 bits per heavy atom. The van der Waals surface area contributed by atoms with E-state index in [0.717, 1.165) is 0 Å². The average Bonchev–Trinajstić information content (AvgIpc) is 2.32. The molecule has 0 radical (unpaired) electrons. The fraction of sp³-hybridized carbons (Fsp3) is 0.364. The van der Waals surface area contributed by atoms with Crippen LogP contribution in [-0.4, -0.2) is 26.6 Å². The number of benzene rings is 1. The van der Waals surface area contributed by atoms with Gasteiger partial charge in [0.05, 0.1) is 15.8 Å². The van der Waals surface area contributed by atoms with Crippen molar-refractivity contribution in [2.24, 2.45) is 0 Å². The molecule has 1 aliphatic heterocycles. The van der Waals surface area contributed by atoms with E-state index in [1.54, 1.807) is 38.2 Å². The average molecular weight is 239 g/mol. The third-order valence-corrected chi connectivity index (χ3v) is 5.08. The van der Waals surface area contributed by atoms with Crippen LogP contribution in [0, 0.1) is 0 Å². The molecule has 16 heavy (non-hydrogen) atoms. The number of fused-ring (bicyclic) bond motifs is 1. The summed E-state index contributed by atoms with van der Waals surface area (Å²) < 4.78 is 24.3. The topological polar surface area (TPSA) is 54.5 Å². The monoisotopic (exact) mass is 239 g/mol. The zero-order valence-electron chi connectivity index (χ0n) is 9.17. The molecule has 2 rings (SSSR count). The first-order valence-electron chi connectivity index (χ1n) is 5.04. The number of amides is 1. The molecule has 5 heteroatoms. The Balaban J connectivity index is 2.74. The van der Waals surface area contributed by atoms with Crippen molar-refractivity contribution >= 4 is 21.4 Å². The molecule has 1 atom stereocenters. The highest BCUT2D eigenvalue weighted by Gasteiger charge is 2.34. The lowest BCUT2D eigenvalue weighted by molar-refractivity contribution is -0.118. The van der Waals surface area contributed by atoms with Gasteiger partial charge in [-0.3, -0.25) is 4.79 Å². The fourth-order valence-electron chi connectivity index (χ4n) is 1.82. The minimum absolute atomic E-state index is 0.0352. The van der Waals surface area contributed by atoms with Crippen molar-refractivity contribution in [2.45, 2.75) is 23.5 Å². The molecule has 0 N–H and O–H groups in total. The zero-order chi connectivity index (χ0) is 11.9. The van der Waals surface area contributed by atoms with Crippen LogP contribution in [0.2, 0.25) is 0 Å². The number of nitrogens with zero attached hydrogens (tertiary/aromatic N) is 1. The van der Waals surface area contributed by atoms with E-state index in [9.17, 15) is 13.2 Å². The minimum Gasteiger partial charge on any atom is -0.314 e. The number of rotatable bonds is 0. The quantitative estimate of drug-likeness (QED) is 0.684. The second kappa shape index (κ2) is 3.59. The number of anilines is 1. The van der Waals surface area contributed by atoms with Gasteiger partial charge in [0.15, 0.2) is 9.84 Å². The predicted molar refractivity (Wildman–Crippen MR) is 61.1 cm³/mol. The van der Waals surface area contributed by atoms with Gasteiger partial charge in [0.1, 0.15) is 0 Å². The number of hydrogen-bond donors (Lipinski definition) is 0. The van der Waals surface area contributed by atoms with E-state index in [2.05, 4.69) is 0 Å². The lowest BCUT2D eigenvalue weighted by atomic mass is 10.2. The van der Waals surface area contributed by atoms with Gasteiger partial charge in [-0.2, -0.15) is 0 Å². The summed E-state index contributed by atoms with van der Waals surface area (Å²) in [4.78, 5) is 13.4. The molecule has 0 unspecified atom stereocenters. The van der Waals surface area contributed by atoms with E-state index in [1.807, 2.05) is 0 Å². The molecule has 0 spiro atoms. The van der Waals surface area contributed by atoms with E-state index in [4.69, 9.17) is 0 Å². The van der Waals surface area contributed by atoms with Gasteiger partial charge >= 0.3 is 0 Å². The van der Waals surface area contributed by atoms with Gasteiger partial charge in [0.2, 0.25) is 5.91 Å². The first-order valence-corrected chi connectivity index (χ1v) is 6.58. The fourth-order valence-corrected chi connectivity index (χ4v) is 3.38. The molecule has 0 aliphatic carbocycles. The molecule has 0 aromatic heterocycles. The predicted octanol–water partition coefficient (Wildman–Crippen LogP) is 1.22. The van der Waals surface area contributed by atoms with Crippen LogP contribution in [0.5, 0.6) is 0 Å². The first-order chi connectivity index (χ1) is 7.44. The van der Waals surface area contributed by atoms with Crippen molar-refractivity contribution in [3.05, 3.63) is 24.3 Å². The van der Waals surface area contributed by atoms with Crippen molar-refractivity contribution in [3.8, 4) is 0 Å². The second-order valence-corrected chi connectivity index (χ2v) is 6.31. The summed E-state index contributed by atoms with van der Waals surface area (Å²) in [5.41, 5.74) is 0.469. The minimum atomic E-state index is -3.39. The maximum atomic E-state index is 12.1. The van der Waals surface area contributed by atoms with E-state index >= 15 is 0 Å². The van der Waals surface area contributed by atoms with Gasteiger partial charge in [-0.05, 0) is 19.1 Å². The Hall–Kier alpha value is -1.36. The van der Waals surface area contributed by atoms with Crippen LogP contribution in [0.4, 0.5) is 5.69 Å². The summed E-state index contributed by atoms with van der Waals surface area (Å²) in [6.45, 7) is 1.57. The van der Waals surface area contributed by atoms with Gasteiger partial charge < -0.3 is 4.90 Å². The van der Waals surface area contributed by atoms with E-state index in [-0.39, 0.29) is 17.2 Å². The van der Waals surface area contributed by atoms with Crippen LogP contribution in [0.25, 0.3) is 0 Å². The van der Waals surface area contributed by atoms with Crippen molar-refractivity contribution < 1.29 is 13.2 Å². The van der Waals surface area contributed by atoms with E-state index in [0.29, 0.717) is 5.69 Å². The number of carbonyl (C=O) groups is 1. The summed E-state index contributed by atoms with van der Waals surface area (Å²) >= 11 is 0. The molecular formula is C11H13NO3S.